The van der Waals surface area contributed by atoms with Crippen molar-refractivity contribution in [3.63, 3.8) is 0 Å². The summed E-state index contributed by atoms with van der Waals surface area (Å²) in [5.41, 5.74) is -0.0208. The van der Waals surface area contributed by atoms with Gasteiger partial charge in [-0.15, -0.1) is 6.58 Å². The van der Waals surface area contributed by atoms with Crippen molar-refractivity contribution in [3.05, 3.63) is 12.7 Å². The minimum Gasteiger partial charge on any atom is -0.350 e. The van der Waals surface area contributed by atoms with Crippen molar-refractivity contribution in [1.29, 1.82) is 0 Å². The third kappa shape index (κ3) is 7.74. The van der Waals surface area contributed by atoms with Crippen LogP contribution in [0.25, 0.3) is 0 Å². The van der Waals surface area contributed by atoms with Gasteiger partial charge in [-0.2, -0.15) is 0 Å². The first-order valence-corrected chi connectivity index (χ1v) is 7.98. The average Bonchev–Trinajstić information content (AvgIpc) is 2.30. The van der Waals surface area contributed by atoms with Gasteiger partial charge in [0.25, 0.3) is 0 Å². The summed E-state index contributed by atoms with van der Waals surface area (Å²) in [7, 11) is 0. The monoisotopic (exact) mass is 268 g/mol. The van der Waals surface area contributed by atoms with E-state index in [9.17, 15) is 0 Å². The maximum atomic E-state index is 5.97. The van der Waals surface area contributed by atoms with Gasteiger partial charge in [0.2, 0.25) is 0 Å². The Morgan fingerprint density at radius 3 is 2.37 bits per heavy atom. The van der Waals surface area contributed by atoms with E-state index in [1.54, 1.807) is 0 Å². The van der Waals surface area contributed by atoms with E-state index in [2.05, 4.69) is 27.4 Å². The van der Waals surface area contributed by atoms with Gasteiger partial charge in [-0.3, -0.25) is 0 Å². The predicted octanol–water partition coefficient (Wildman–Crippen LogP) is 5.22. The summed E-state index contributed by atoms with van der Waals surface area (Å²) < 4.78 is 11.8. The SMILES string of the molecule is C=CCCCCCCCC[C@@H]1O[C@H](C)CC(C)(C)O1. The molecular weight excluding hydrogens is 236 g/mol. The molecule has 0 aromatic rings. The molecular formula is C17H32O2. The highest BCUT2D eigenvalue weighted by atomic mass is 16.7. The van der Waals surface area contributed by atoms with Crippen LogP contribution in [0.3, 0.4) is 0 Å². The molecule has 0 aromatic carbocycles. The second kappa shape index (κ2) is 8.76. The van der Waals surface area contributed by atoms with Crippen LogP contribution in [0, 0.1) is 0 Å². The number of hydrogen-bond acceptors (Lipinski definition) is 2. The first-order valence-electron chi connectivity index (χ1n) is 7.98. The Morgan fingerprint density at radius 1 is 1.11 bits per heavy atom. The Bertz CT molecular complexity index is 248. The lowest BCUT2D eigenvalue weighted by molar-refractivity contribution is -0.270. The molecule has 1 aliphatic rings. The van der Waals surface area contributed by atoms with Crippen LogP contribution in [0.4, 0.5) is 0 Å². The van der Waals surface area contributed by atoms with Crippen LogP contribution in [0.5, 0.6) is 0 Å². The van der Waals surface area contributed by atoms with Crippen LogP contribution in [0.15, 0.2) is 12.7 Å². The van der Waals surface area contributed by atoms with Gasteiger partial charge in [-0.25, -0.2) is 0 Å². The topological polar surface area (TPSA) is 18.5 Å². The summed E-state index contributed by atoms with van der Waals surface area (Å²) >= 11 is 0. The molecule has 1 rings (SSSR count). The molecule has 1 fully saturated rings. The van der Waals surface area contributed by atoms with Crippen LogP contribution in [0.2, 0.25) is 0 Å². The highest BCUT2D eigenvalue weighted by Crippen LogP contribution is 2.29. The third-order valence-corrected chi connectivity index (χ3v) is 3.71. The van der Waals surface area contributed by atoms with Crippen molar-refractivity contribution in [2.75, 3.05) is 0 Å². The largest absolute Gasteiger partial charge is 0.350 e. The number of rotatable bonds is 9. The average molecular weight is 268 g/mol. The van der Waals surface area contributed by atoms with E-state index < -0.39 is 0 Å². The zero-order chi connectivity index (χ0) is 14.1. The molecule has 1 heterocycles. The fourth-order valence-corrected chi connectivity index (χ4v) is 2.86. The second-order valence-electron chi connectivity index (χ2n) is 6.45. The Morgan fingerprint density at radius 2 is 1.74 bits per heavy atom. The smallest absolute Gasteiger partial charge is 0.158 e. The molecule has 0 aliphatic carbocycles. The Kier molecular flexibility index (Phi) is 7.70. The van der Waals surface area contributed by atoms with Crippen LogP contribution < -0.4 is 0 Å². The summed E-state index contributed by atoms with van der Waals surface area (Å²) in [4.78, 5) is 0. The lowest BCUT2D eigenvalue weighted by Crippen LogP contribution is -2.42. The Labute approximate surface area is 119 Å². The molecule has 0 radical (unpaired) electrons. The van der Waals surface area contributed by atoms with E-state index in [1.807, 2.05) is 6.08 Å². The first kappa shape index (κ1) is 16.7. The lowest BCUT2D eigenvalue weighted by Gasteiger charge is -2.39. The Hall–Kier alpha value is -0.340. The highest BCUT2D eigenvalue weighted by Gasteiger charge is 2.32. The van der Waals surface area contributed by atoms with Crippen molar-refractivity contribution in [1.82, 2.24) is 0 Å². The van der Waals surface area contributed by atoms with Crippen LogP contribution in [-0.2, 0) is 9.47 Å². The van der Waals surface area contributed by atoms with Crippen molar-refractivity contribution in [3.8, 4) is 0 Å². The van der Waals surface area contributed by atoms with Gasteiger partial charge in [-0.05, 0) is 46.5 Å². The predicted molar refractivity (Wildman–Crippen MR) is 81.2 cm³/mol. The molecule has 1 aliphatic heterocycles. The lowest BCUT2D eigenvalue weighted by atomic mass is 9.99. The zero-order valence-corrected chi connectivity index (χ0v) is 13.1. The van der Waals surface area contributed by atoms with Crippen molar-refractivity contribution >= 4 is 0 Å². The van der Waals surface area contributed by atoms with E-state index in [4.69, 9.17) is 9.47 Å². The molecule has 2 atom stereocenters. The van der Waals surface area contributed by atoms with Crippen LogP contribution >= 0.6 is 0 Å². The summed E-state index contributed by atoms with van der Waals surface area (Å²) in [6, 6.07) is 0. The van der Waals surface area contributed by atoms with E-state index in [1.165, 1.54) is 38.5 Å². The third-order valence-electron chi connectivity index (χ3n) is 3.71. The molecule has 0 N–H and O–H groups in total. The minimum atomic E-state index is -0.0208. The van der Waals surface area contributed by atoms with Gasteiger partial charge in [0.05, 0.1) is 11.7 Å². The maximum absolute atomic E-state index is 5.97. The molecule has 112 valence electrons. The summed E-state index contributed by atoms with van der Waals surface area (Å²) in [6.45, 7) is 10.2. The first-order chi connectivity index (χ1) is 9.03. The summed E-state index contributed by atoms with van der Waals surface area (Å²) in [5.74, 6) is 0. The van der Waals surface area contributed by atoms with E-state index in [-0.39, 0.29) is 11.9 Å². The van der Waals surface area contributed by atoms with Gasteiger partial charge in [0, 0.05) is 6.42 Å². The van der Waals surface area contributed by atoms with Crippen LogP contribution in [0.1, 0.15) is 78.6 Å². The van der Waals surface area contributed by atoms with E-state index >= 15 is 0 Å². The molecule has 0 unspecified atom stereocenters. The molecule has 0 spiro atoms. The zero-order valence-electron chi connectivity index (χ0n) is 13.1. The van der Waals surface area contributed by atoms with Crippen molar-refractivity contribution in [2.45, 2.75) is 96.6 Å². The van der Waals surface area contributed by atoms with Crippen LogP contribution in [-0.4, -0.2) is 18.0 Å². The number of ether oxygens (including phenoxy) is 2. The van der Waals surface area contributed by atoms with Gasteiger partial charge in [0.15, 0.2) is 6.29 Å². The molecule has 2 heteroatoms. The van der Waals surface area contributed by atoms with E-state index in [0.29, 0.717) is 6.10 Å². The fourth-order valence-electron chi connectivity index (χ4n) is 2.86. The standard InChI is InChI=1S/C17H32O2/c1-5-6-7-8-9-10-11-12-13-16-18-15(2)14-17(3,4)19-16/h5,15-16H,1,6-14H2,2-4H3/t15-,16-/m1/s1. The van der Waals surface area contributed by atoms with E-state index in [0.717, 1.165) is 19.3 Å². The van der Waals surface area contributed by atoms with Gasteiger partial charge < -0.3 is 9.47 Å². The van der Waals surface area contributed by atoms with Gasteiger partial charge >= 0.3 is 0 Å². The number of hydrogen-bond donors (Lipinski definition) is 0. The summed E-state index contributed by atoms with van der Waals surface area (Å²) in [6.07, 6.45) is 13.4. The number of allylic oxidation sites excluding steroid dienone is 1. The normalized spacial score (nSPS) is 26.3. The van der Waals surface area contributed by atoms with Gasteiger partial charge in [0.1, 0.15) is 0 Å². The Balaban J connectivity index is 2.01. The fraction of sp³-hybridized carbons (Fsp3) is 0.882. The molecule has 0 saturated carbocycles. The number of unbranched alkanes of at least 4 members (excludes halogenated alkanes) is 6. The molecule has 2 nitrogen and oxygen atoms in total. The van der Waals surface area contributed by atoms with Crippen molar-refractivity contribution < 1.29 is 9.47 Å². The molecule has 1 saturated heterocycles. The second-order valence-corrected chi connectivity index (χ2v) is 6.45. The molecule has 0 amide bonds. The van der Waals surface area contributed by atoms with Gasteiger partial charge in [-0.1, -0.05) is 31.8 Å². The van der Waals surface area contributed by atoms with Crippen molar-refractivity contribution in [2.24, 2.45) is 0 Å². The maximum Gasteiger partial charge on any atom is 0.158 e. The molecule has 19 heavy (non-hydrogen) atoms. The minimum absolute atomic E-state index is 0.0134. The highest BCUT2D eigenvalue weighted by molar-refractivity contribution is 4.77. The molecule has 0 aromatic heterocycles. The summed E-state index contributed by atoms with van der Waals surface area (Å²) in [5, 5.41) is 0. The molecule has 0 bridgehead atoms. The quantitative estimate of drug-likeness (QED) is 0.421.